The Morgan fingerprint density at radius 2 is 1.73 bits per heavy atom. The molecule has 30 heavy (non-hydrogen) atoms. The summed E-state index contributed by atoms with van der Waals surface area (Å²) >= 11 is 0. The van der Waals surface area contributed by atoms with Crippen LogP contribution in [-0.2, 0) is 22.6 Å². The molecule has 1 heterocycles. The van der Waals surface area contributed by atoms with Gasteiger partial charge in [0.05, 0.1) is 6.61 Å². The van der Waals surface area contributed by atoms with Gasteiger partial charge in [-0.05, 0) is 38.1 Å². The van der Waals surface area contributed by atoms with Crippen molar-refractivity contribution < 1.29 is 22.6 Å². The number of ether oxygens (including phenoxy) is 2. The van der Waals surface area contributed by atoms with Crippen molar-refractivity contribution in [1.29, 1.82) is 0 Å². The molecule has 0 unspecified atom stereocenters. The number of benzene rings is 1. The van der Waals surface area contributed by atoms with Gasteiger partial charge in [0, 0.05) is 38.9 Å². The smallest absolute Gasteiger partial charge is 0.381 e. The summed E-state index contributed by atoms with van der Waals surface area (Å²) in [6.45, 7) is 1.53. The van der Waals surface area contributed by atoms with Gasteiger partial charge in [0.1, 0.15) is 6.61 Å². The Kier molecular flexibility index (Phi) is 11.4. The van der Waals surface area contributed by atoms with Crippen LogP contribution >= 0.6 is 24.0 Å². The number of halogens is 4. The lowest BCUT2D eigenvalue weighted by Gasteiger charge is -2.43. The topological polar surface area (TPSA) is 58.1 Å². The van der Waals surface area contributed by atoms with Gasteiger partial charge in [-0.3, -0.25) is 4.99 Å². The summed E-state index contributed by atoms with van der Waals surface area (Å²) in [5.74, 6) is 0.704. The largest absolute Gasteiger partial charge is 0.411 e. The highest BCUT2D eigenvalue weighted by molar-refractivity contribution is 14.0. The molecule has 2 rings (SSSR count). The zero-order chi connectivity index (χ0) is 21.3. The average Bonchev–Trinajstić information content (AvgIpc) is 2.69. The van der Waals surface area contributed by atoms with Gasteiger partial charge in [-0.15, -0.1) is 24.0 Å². The Hall–Kier alpha value is -1.11. The van der Waals surface area contributed by atoms with E-state index in [1.807, 2.05) is 12.1 Å². The van der Waals surface area contributed by atoms with Crippen LogP contribution in [0.5, 0.6) is 0 Å². The van der Waals surface area contributed by atoms with Crippen LogP contribution in [0.1, 0.15) is 24.0 Å². The molecule has 0 bridgehead atoms. The molecule has 1 aromatic rings. The Morgan fingerprint density at radius 3 is 2.27 bits per heavy atom. The second-order valence-electron chi connectivity index (χ2n) is 7.43. The molecule has 1 aromatic carbocycles. The second-order valence-corrected chi connectivity index (χ2v) is 7.43. The highest BCUT2D eigenvalue weighted by Gasteiger charge is 2.34. The summed E-state index contributed by atoms with van der Waals surface area (Å²) in [7, 11) is 5.90. The van der Waals surface area contributed by atoms with Crippen molar-refractivity contribution in [1.82, 2.24) is 15.5 Å². The fraction of sp³-hybridized carbons (Fsp3) is 0.650. The second kappa shape index (κ2) is 12.7. The Morgan fingerprint density at radius 1 is 1.13 bits per heavy atom. The number of aliphatic imine (C=N–C) groups is 1. The molecule has 1 fully saturated rings. The molecule has 172 valence electrons. The monoisotopic (exact) mass is 544 g/mol. The van der Waals surface area contributed by atoms with Crippen molar-refractivity contribution in [2.45, 2.75) is 37.7 Å². The molecule has 1 saturated heterocycles. The number of likely N-dealkylation sites (N-methyl/N-ethyl adjacent to an activating group) is 1. The third-order valence-electron chi connectivity index (χ3n) is 5.20. The summed E-state index contributed by atoms with van der Waals surface area (Å²) in [6.07, 6.45) is -2.38. The fourth-order valence-electron chi connectivity index (χ4n) is 3.23. The number of guanidine groups is 1. The van der Waals surface area contributed by atoms with Crippen molar-refractivity contribution in [3.8, 4) is 0 Å². The Balaban J connectivity index is 0.00000450. The van der Waals surface area contributed by atoms with E-state index in [4.69, 9.17) is 4.74 Å². The molecule has 0 aromatic heterocycles. The molecular weight excluding hydrogens is 512 g/mol. The third-order valence-corrected chi connectivity index (χ3v) is 5.20. The first-order valence-corrected chi connectivity index (χ1v) is 9.66. The minimum Gasteiger partial charge on any atom is -0.381 e. The van der Waals surface area contributed by atoms with Gasteiger partial charge >= 0.3 is 6.18 Å². The molecule has 0 spiro atoms. The minimum absolute atomic E-state index is 0. The molecule has 10 heteroatoms. The SMILES string of the molecule is CN=C(NCc1ccc(COCC(F)(F)F)cc1)NCC1(N(C)C)CCOCC1.I. The van der Waals surface area contributed by atoms with Gasteiger partial charge in [-0.25, -0.2) is 0 Å². The van der Waals surface area contributed by atoms with Gasteiger partial charge in [-0.2, -0.15) is 13.2 Å². The van der Waals surface area contributed by atoms with Crippen molar-refractivity contribution in [3.05, 3.63) is 35.4 Å². The van der Waals surface area contributed by atoms with Crippen LogP contribution in [0.15, 0.2) is 29.3 Å². The first-order chi connectivity index (χ1) is 13.7. The van der Waals surface area contributed by atoms with Crippen molar-refractivity contribution in [2.75, 3.05) is 47.5 Å². The van der Waals surface area contributed by atoms with E-state index in [1.165, 1.54) is 0 Å². The molecule has 0 saturated carbocycles. The van der Waals surface area contributed by atoms with E-state index in [9.17, 15) is 13.2 Å². The molecule has 0 amide bonds. The summed E-state index contributed by atoms with van der Waals surface area (Å²) in [5, 5.41) is 6.67. The van der Waals surface area contributed by atoms with Crippen LogP contribution in [-0.4, -0.2) is 70.1 Å². The zero-order valence-corrected chi connectivity index (χ0v) is 20.0. The van der Waals surface area contributed by atoms with Crippen molar-refractivity contribution in [3.63, 3.8) is 0 Å². The van der Waals surface area contributed by atoms with Crippen LogP contribution in [0, 0.1) is 0 Å². The van der Waals surface area contributed by atoms with E-state index >= 15 is 0 Å². The zero-order valence-electron chi connectivity index (χ0n) is 17.7. The maximum atomic E-state index is 12.1. The first-order valence-electron chi connectivity index (χ1n) is 9.66. The quantitative estimate of drug-likeness (QED) is 0.299. The van der Waals surface area contributed by atoms with Gasteiger partial charge < -0.3 is 25.0 Å². The van der Waals surface area contributed by atoms with E-state index in [1.54, 1.807) is 19.2 Å². The molecule has 1 aliphatic rings. The number of hydrogen-bond acceptors (Lipinski definition) is 4. The summed E-state index contributed by atoms with van der Waals surface area (Å²) in [6, 6.07) is 7.28. The van der Waals surface area contributed by atoms with Gasteiger partial charge in [-0.1, -0.05) is 24.3 Å². The lowest BCUT2D eigenvalue weighted by Crippen LogP contribution is -2.57. The van der Waals surface area contributed by atoms with Crippen LogP contribution in [0.25, 0.3) is 0 Å². The van der Waals surface area contributed by atoms with Crippen molar-refractivity contribution >= 4 is 29.9 Å². The van der Waals surface area contributed by atoms with E-state index < -0.39 is 12.8 Å². The standard InChI is InChI=1S/C20H31F3N4O2.HI/c1-24-18(26-14-19(27(2)3)8-10-28-11-9-19)25-12-16-4-6-17(7-5-16)13-29-15-20(21,22)23;/h4-7H,8-15H2,1-3H3,(H2,24,25,26);1H. The number of rotatable bonds is 8. The normalized spacial score (nSPS) is 16.8. The highest BCUT2D eigenvalue weighted by Crippen LogP contribution is 2.25. The van der Waals surface area contributed by atoms with E-state index in [2.05, 4.69) is 39.4 Å². The molecular formula is C20H32F3IN4O2. The Labute approximate surface area is 193 Å². The molecule has 6 nitrogen and oxygen atoms in total. The highest BCUT2D eigenvalue weighted by atomic mass is 127. The summed E-state index contributed by atoms with van der Waals surface area (Å²) < 4.78 is 46.5. The number of hydrogen-bond donors (Lipinski definition) is 2. The maximum absolute atomic E-state index is 12.1. The number of nitrogens with one attached hydrogen (secondary N) is 2. The Bertz CT molecular complexity index is 648. The molecule has 2 N–H and O–H groups in total. The van der Waals surface area contributed by atoms with Crippen LogP contribution < -0.4 is 10.6 Å². The summed E-state index contributed by atoms with van der Waals surface area (Å²) in [4.78, 5) is 6.52. The van der Waals surface area contributed by atoms with Gasteiger partial charge in [0.15, 0.2) is 5.96 Å². The van der Waals surface area contributed by atoms with Crippen molar-refractivity contribution in [2.24, 2.45) is 4.99 Å². The molecule has 0 atom stereocenters. The fourth-order valence-corrected chi connectivity index (χ4v) is 3.23. The lowest BCUT2D eigenvalue weighted by molar-refractivity contribution is -0.176. The number of alkyl halides is 3. The predicted octanol–water partition coefficient (Wildman–Crippen LogP) is 3.16. The van der Waals surface area contributed by atoms with Crippen LogP contribution in [0.3, 0.4) is 0 Å². The lowest BCUT2D eigenvalue weighted by atomic mass is 9.88. The van der Waals surface area contributed by atoms with Gasteiger partial charge in [0.2, 0.25) is 0 Å². The third kappa shape index (κ3) is 8.94. The minimum atomic E-state index is -4.30. The molecule has 0 radical (unpaired) electrons. The first kappa shape index (κ1) is 26.9. The van der Waals surface area contributed by atoms with Crippen LogP contribution in [0.2, 0.25) is 0 Å². The van der Waals surface area contributed by atoms with Crippen LogP contribution in [0.4, 0.5) is 13.2 Å². The maximum Gasteiger partial charge on any atom is 0.411 e. The molecule has 1 aliphatic heterocycles. The van der Waals surface area contributed by atoms with E-state index in [-0.39, 0.29) is 36.1 Å². The average molecular weight is 544 g/mol. The summed E-state index contributed by atoms with van der Waals surface area (Å²) in [5.41, 5.74) is 1.74. The molecule has 0 aliphatic carbocycles. The predicted molar refractivity (Wildman–Crippen MR) is 122 cm³/mol. The van der Waals surface area contributed by atoms with E-state index in [0.29, 0.717) is 18.1 Å². The number of nitrogens with zero attached hydrogens (tertiary/aromatic N) is 2. The van der Waals surface area contributed by atoms with Gasteiger partial charge in [0.25, 0.3) is 0 Å². The van der Waals surface area contributed by atoms with E-state index in [0.717, 1.165) is 38.2 Å².